The summed E-state index contributed by atoms with van der Waals surface area (Å²) in [5.74, 6) is -0.386. The number of nitrogens with one attached hydrogen (secondary N) is 1. The minimum atomic E-state index is -3.11. The summed E-state index contributed by atoms with van der Waals surface area (Å²) in [6.07, 6.45) is 1.84. The van der Waals surface area contributed by atoms with Gasteiger partial charge in [-0.1, -0.05) is 30.7 Å². The summed E-state index contributed by atoms with van der Waals surface area (Å²) >= 11 is 5.81. The fourth-order valence-electron chi connectivity index (χ4n) is 1.66. The molecule has 0 fully saturated rings. The molecule has 0 saturated carbocycles. The number of halogens is 1. The summed E-state index contributed by atoms with van der Waals surface area (Å²) in [4.78, 5) is 11.7. The van der Waals surface area contributed by atoms with Crippen molar-refractivity contribution in [3.05, 3.63) is 34.9 Å². The van der Waals surface area contributed by atoms with E-state index < -0.39 is 9.84 Å². The van der Waals surface area contributed by atoms with Crippen LogP contribution in [0.1, 0.15) is 31.4 Å². The van der Waals surface area contributed by atoms with Gasteiger partial charge in [-0.3, -0.25) is 4.79 Å². The van der Waals surface area contributed by atoms with Crippen LogP contribution in [0.15, 0.2) is 24.3 Å². The second-order valence-corrected chi connectivity index (χ2v) is 7.16. The molecule has 4 nitrogen and oxygen atoms in total. The standard InChI is InChI=1S/C13H18ClNO3S/c1-3-12(10-4-6-11(14)7-5-10)15-13(16)8-9-19(2,17)18/h4-7,12H,3,8-9H2,1-2H3,(H,15,16). The van der Waals surface area contributed by atoms with Gasteiger partial charge in [-0.05, 0) is 24.1 Å². The van der Waals surface area contributed by atoms with Crippen LogP contribution in [-0.2, 0) is 14.6 Å². The van der Waals surface area contributed by atoms with E-state index in [9.17, 15) is 13.2 Å². The number of hydrogen-bond acceptors (Lipinski definition) is 3. The molecule has 106 valence electrons. The zero-order chi connectivity index (χ0) is 14.5. The minimum absolute atomic E-state index is 0.0110. The highest BCUT2D eigenvalue weighted by molar-refractivity contribution is 7.90. The molecule has 1 aromatic rings. The van der Waals surface area contributed by atoms with Crippen molar-refractivity contribution in [2.45, 2.75) is 25.8 Å². The fraction of sp³-hybridized carbons (Fsp3) is 0.462. The Morgan fingerprint density at radius 2 is 1.89 bits per heavy atom. The Balaban J connectivity index is 2.62. The molecular weight excluding hydrogens is 286 g/mol. The maximum Gasteiger partial charge on any atom is 0.221 e. The molecule has 1 N–H and O–H groups in total. The van der Waals surface area contributed by atoms with Crippen LogP contribution in [0.4, 0.5) is 0 Å². The molecule has 0 aliphatic carbocycles. The third kappa shape index (κ3) is 6.07. The van der Waals surface area contributed by atoms with Gasteiger partial charge >= 0.3 is 0 Å². The SMILES string of the molecule is CCC(NC(=O)CCS(C)(=O)=O)c1ccc(Cl)cc1. The zero-order valence-corrected chi connectivity index (χ0v) is 12.6. The van der Waals surface area contributed by atoms with Crippen LogP contribution in [0.25, 0.3) is 0 Å². The first-order valence-corrected chi connectivity index (χ1v) is 8.48. The van der Waals surface area contributed by atoms with Crippen LogP contribution in [0.2, 0.25) is 5.02 Å². The summed E-state index contributed by atoms with van der Waals surface area (Å²) in [5.41, 5.74) is 0.958. The van der Waals surface area contributed by atoms with E-state index in [1.54, 1.807) is 12.1 Å². The van der Waals surface area contributed by atoms with Crippen molar-refractivity contribution in [1.29, 1.82) is 0 Å². The predicted molar refractivity (Wildman–Crippen MR) is 77.0 cm³/mol. The first-order chi connectivity index (χ1) is 8.81. The van der Waals surface area contributed by atoms with Gasteiger partial charge in [-0.15, -0.1) is 0 Å². The minimum Gasteiger partial charge on any atom is -0.349 e. The van der Waals surface area contributed by atoms with Gasteiger partial charge in [0.15, 0.2) is 0 Å². The van der Waals surface area contributed by atoms with Crippen molar-refractivity contribution in [3.8, 4) is 0 Å². The van der Waals surface area contributed by atoms with E-state index in [0.717, 1.165) is 18.2 Å². The molecule has 0 aromatic heterocycles. The van der Waals surface area contributed by atoms with Crippen molar-refractivity contribution in [2.75, 3.05) is 12.0 Å². The molecule has 1 amide bonds. The molecule has 1 rings (SSSR count). The topological polar surface area (TPSA) is 63.2 Å². The molecule has 1 atom stereocenters. The quantitative estimate of drug-likeness (QED) is 0.877. The molecule has 0 aliphatic rings. The predicted octanol–water partition coefficient (Wildman–Crippen LogP) is 2.34. The summed E-state index contributed by atoms with van der Waals surface area (Å²) in [6.45, 7) is 1.95. The van der Waals surface area contributed by atoms with Gasteiger partial charge in [0.1, 0.15) is 9.84 Å². The number of carbonyl (C=O) groups is 1. The lowest BCUT2D eigenvalue weighted by molar-refractivity contribution is -0.121. The number of hydrogen-bond donors (Lipinski definition) is 1. The number of amides is 1. The van der Waals surface area contributed by atoms with Crippen molar-refractivity contribution in [1.82, 2.24) is 5.32 Å². The number of benzene rings is 1. The average Bonchev–Trinajstić information content (AvgIpc) is 2.34. The highest BCUT2D eigenvalue weighted by Gasteiger charge is 2.14. The number of carbonyl (C=O) groups excluding carboxylic acids is 1. The van der Waals surface area contributed by atoms with E-state index in [2.05, 4.69) is 5.32 Å². The third-order valence-electron chi connectivity index (χ3n) is 2.72. The molecule has 6 heteroatoms. The summed E-state index contributed by atoms with van der Waals surface area (Å²) in [6, 6.07) is 7.12. The molecule has 0 radical (unpaired) electrons. The molecule has 0 aliphatic heterocycles. The Labute approximate surface area is 119 Å². The van der Waals surface area contributed by atoms with E-state index in [-0.39, 0.29) is 24.1 Å². The summed E-state index contributed by atoms with van der Waals surface area (Å²) in [5, 5.41) is 3.47. The van der Waals surface area contributed by atoms with E-state index in [0.29, 0.717) is 5.02 Å². The lowest BCUT2D eigenvalue weighted by Gasteiger charge is -2.17. The Morgan fingerprint density at radius 1 is 1.32 bits per heavy atom. The molecule has 1 aromatic carbocycles. The number of rotatable bonds is 6. The Hall–Kier alpha value is -1.07. The molecular formula is C13H18ClNO3S. The highest BCUT2D eigenvalue weighted by Crippen LogP contribution is 2.19. The van der Waals surface area contributed by atoms with Gasteiger partial charge in [0.25, 0.3) is 0 Å². The number of sulfone groups is 1. The molecule has 0 heterocycles. The zero-order valence-electron chi connectivity index (χ0n) is 11.0. The average molecular weight is 304 g/mol. The Kier molecular flexibility index (Phi) is 5.82. The summed E-state index contributed by atoms with van der Waals surface area (Å²) in [7, 11) is -3.11. The highest BCUT2D eigenvalue weighted by atomic mass is 35.5. The van der Waals surface area contributed by atoms with Crippen molar-refractivity contribution >= 4 is 27.3 Å². The van der Waals surface area contributed by atoms with E-state index in [1.165, 1.54) is 0 Å². The Morgan fingerprint density at radius 3 is 2.37 bits per heavy atom. The Bertz CT molecular complexity index is 525. The van der Waals surface area contributed by atoms with Crippen LogP contribution in [-0.4, -0.2) is 26.3 Å². The molecule has 1 unspecified atom stereocenters. The van der Waals surface area contributed by atoms with Gasteiger partial charge in [0.05, 0.1) is 11.8 Å². The maximum atomic E-state index is 11.7. The monoisotopic (exact) mass is 303 g/mol. The van der Waals surface area contributed by atoms with Crippen LogP contribution >= 0.6 is 11.6 Å². The third-order valence-corrected chi connectivity index (χ3v) is 3.91. The van der Waals surface area contributed by atoms with Crippen molar-refractivity contribution in [2.24, 2.45) is 0 Å². The first-order valence-electron chi connectivity index (χ1n) is 6.04. The maximum absolute atomic E-state index is 11.7. The van der Waals surface area contributed by atoms with Gasteiger partial charge in [-0.2, -0.15) is 0 Å². The molecule has 0 saturated heterocycles. The molecule has 0 bridgehead atoms. The smallest absolute Gasteiger partial charge is 0.221 e. The lowest BCUT2D eigenvalue weighted by Crippen LogP contribution is -2.29. The normalized spacial score (nSPS) is 13.0. The van der Waals surface area contributed by atoms with Gasteiger partial charge in [0.2, 0.25) is 5.91 Å². The van der Waals surface area contributed by atoms with Crippen molar-refractivity contribution in [3.63, 3.8) is 0 Å². The van der Waals surface area contributed by atoms with Crippen LogP contribution in [0.3, 0.4) is 0 Å². The van der Waals surface area contributed by atoms with Gasteiger partial charge in [-0.25, -0.2) is 8.42 Å². The largest absolute Gasteiger partial charge is 0.349 e. The van der Waals surface area contributed by atoms with E-state index in [1.807, 2.05) is 19.1 Å². The van der Waals surface area contributed by atoms with Gasteiger partial charge < -0.3 is 5.32 Å². The van der Waals surface area contributed by atoms with Crippen LogP contribution in [0, 0.1) is 0 Å². The second kappa shape index (κ2) is 6.91. The van der Waals surface area contributed by atoms with E-state index >= 15 is 0 Å². The fourth-order valence-corrected chi connectivity index (χ4v) is 2.34. The van der Waals surface area contributed by atoms with Crippen molar-refractivity contribution < 1.29 is 13.2 Å². The lowest BCUT2D eigenvalue weighted by atomic mass is 10.0. The van der Waals surface area contributed by atoms with Crippen LogP contribution < -0.4 is 5.32 Å². The second-order valence-electron chi connectivity index (χ2n) is 4.46. The van der Waals surface area contributed by atoms with E-state index in [4.69, 9.17) is 11.6 Å². The first kappa shape index (κ1) is 16.0. The van der Waals surface area contributed by atoms with Crippen LogP contribution in [0.5, 0.6) is 0 Å². The van der Waals surface area contributed by atoms with Gasteiger partial charge in [0, 0.05) is 17.7 Å². The summed E-state index contributed by atoms with van der Waals surface area (Å²) < 4.78 is 22.0. The molecule has 0 spiro atoms. The molecule has 19 heavy (non-hydrogen) atoms.